The second-order valence-corrected chi connectivity index (χ2v) is 7.21. The van der Waals surface area contributed by atoms with Crippen molar-refractivity contribution in [3.63, 3.8) is 0 Å². The van der Waals surface area contributed by atoms with E-state index in [0.717, 1.165) is 10.9 Å². The van der Waals surface area contributed by atoms with Crippen LogP contribution in [0.25, 0.3) is 0 Å². The van der Waals surface area contributed by atoms with Gasteiger partial charge < -0.3 is 5.11 Å². The van der Waals surface area contributed by atoms with Crippen LogP contribution in [0, 0.1) is 6.92 Å². The Morgan fingerprint density at radius 3 is 2.30 bits per heavy atom. The predicted molar refractivity (Wildman–Crippen MR) is 80.0 cm³/mol. The number of aliphatic hydroxyl groups excluding tert-OH is 1. The monoisotopic (exact) mass is 428 g/mol. The molecule has 0 saturated carbocycles. The van der Waals surface area contributed by atoms with Crippen molar-refractivity contribution in [3.05, 3.63) is 54.1 Å². The highest BCUT2D eigenvalue weighted by atomic mass is 79.9. The van der Waals surface area contributed by atoms with Crippen LogP contribution >= 0.6 is 43.2 Å². The van der Waals surface area contributed by atoms with Gasteiger partial charge in [0.1, 0.15) is 6.10 Å². The molecule has 108 valence electrons. The topological polar surface area (TPSA) is 20.2 Å². The fraction of sp³-hybridized carbons (Fsp3) is 0.231. The van der Waals surface area contributed by atoms with Crippen LogP contribution in [0.1, 0.15) is 27.0 Å². The third-order valence-electron chi connectivity index (χ3n) is 2.70. The molecule has 0 spiro atoms. The quantitative estimate of drug-likeness (QED) is 0.650. The molecular weight excluding hydrogens is 421 g/mol. The molecule has 0 aliphatic rings. The summed E-state index contributed by atoms with van der Waals surface area (Å²) in [5.74, 6) is 0. The molecule has 1 nitrogen and oxygen atoms in total. The fourth-order valence-corrected chi connectivity index (χ4v) is 4.12. The first-order valence-electron chi connectivity index (χ1n) is 5.50. The van der Waals surface area contributed by atoms with Crippen LogP contribution in [-0.2, 0) is 6.18 Å². The van der Waals surface area contributed by atoms with Gasteiger partial charge in [0.25, 0.3) is 0 Å². The minimum Gasteiger partial charge on any atom is -0.383 e. The lowest BCUT2D eigenvalue weighted by molar-refractivity contribution is -0.138. The average Bonchev–Trinajstić information content (AvgIpc) is 2.66. The molecular formula is C13H9Br2F3OS. The summed E-state index contributed by atoms with van der Waals surface area (Å²) in [6, 6.07) is 5.57. The van der Waals surface area contributed by atoms with E-state index in [1.54, 1.807) is 0 Å². The molecule has 2 rings (SSSR count). The largest absolute Gasteiger partial charge is 0.417 e. The van der Waals surface area contributed by atoms with Gasteiger partial charge in [0.2, 0.25) is 0 Å². The van der Waals surface area contributed by atoms with Crippen molar-refractivity contribution in [1.82, 2.24) is 0 Å². The van der Waals surface area contributed by atoms with Gasteiger partial charge in [0.05, 0.1) is 10.4 Å². The summed E-state index contributed by atoms with van der Waals surface area (Å²) in [6.45, 7) is 1.87. The molecule has 0 aliphatic heterocycles. The van der Waals surface area contributed by atoms with Gasteiger partial charge >= 0.3 is 6.18 Å². The average molecular weight is 430 g/mol. The maximum absolute atomic E-state index is 12.9. The third-order valence-corrected chi connectivity index (χ3v) is 5.41. The van der Waals surface area contributed by atoms with Crippen LogP contribution in [0.5, 0.6) is 0 Å². The summed E-state index contributed by atoms with van der Waals surface area (Å²) in [5, 5.41) is 10.3. The number of benzene rings is 1. The highest BCUT2D eigenvalue weighted by molar-refractivity contribution is 9.10. The molecule has 20 heavy (non-hydrogen) atoms. The van der Waals surface area contributed by atoms with Gasteiger partial charge in [-0.25, -0.2) is 0 Å². The molecule has 1 atom stereocenters. The molecule has 7 heteroatoms. The predicted octanol–water partition coefficient (Wildman–Crippen LogP) is 5.68. The van der Waals surface area contributed by atoms with E-state index in [-0.39, 0.29) is 10.0 Å². The molecule has 1 unspecified atom stereocenters. The summed E-state index contributed by atoms with van der Waals surface area (Å²) >= 11 is 7.53. The zero-order valence-electron chi connectivity index (χ0n) is 10.1. The second kappa shape index (κ2) is 5.79. The fourth-order valence-electron chi connectivity index (χ4n) is 1.77. The van der Waals surface area contributed by atoms with Crippen LogP contribution in [0.2, 0.25) is 0 Å². The number of hydrogen-bond donors (Lipinski definition) is 1. The van der Waals surface area contributed by atoms with E-state index in [1.807, 2.05) is 13.0 Å². The van der Waals surface area contributed by atoms with E-state index in [0.29, 0.717) is 9.35 Å². The summed E-state index contributed by atoms with van der Waals surface area (Å²) in [6.07, 6.45) is -5.55. The standard InChI is InChI=1S/C13H9Br2F3OS/c1-6-4-10(15)12(20-6)11(19)7-2-3-9(14)8(5-7)13(16,17)18/h2-5,11,19H,1H3. The third kappa shape index (κ3) is 3.27. The zero-order chi connectivity index (χ0) is 15.1. The molecule has 1 aromatic heterocycles. The highest BCUT2D eigenvalue weighted by Crippen LogP contribution is 2.39. The minimum atomic E-state index is -4.46. The Labute approximate surface area is 134 Å². The van der Waals surface area contributed by atoms with Crippen molar-refractivity contribution in [2.75, 3.05) is 0 Å². The number of aryl methyl sites for hydroxylation is 1. The van der Waals surface area contributed by atoms with Crippen molar-refractivity contribution >= 4 is 43.2 Å². The number of aliphatic hydroxyl groups is 1. The molecule has 0 fully saturated rings. The van der Waals surface area contributed by atoms with Crippen molar-refractivity contribution < 1.29 is 18.3 Å². The number of rotatable bonds is 2. The summed E-state index contributed by atoms with van der Waals surface area (Å²) < 4.78 is 39.2. The first-order chi connectivity index (χ1) is 9.20. The Bertz CT molecular complexity index is 637. The van der Waals surface area contributed by atoms with Gasteiger partial charge in [-0.05, 0) is 46.6 Å². The van der Waals surface area contributed by atoms with E-state index < -0.39 is 17.8 Å². The van der Waals surface area contributed by atoms with Gasteiger partial charge in [-0.15, -0.1) is 11.3 Å². The maximum atomic E-state index is 12.9. The smallest absolute Gasteiger partial charge is 0.383 e. The number of thiophene rings is 1. The van der Waals surface area contributed by atoms with Gasteiger partial charge in [-0.3, -0.25) is 0 Å². The lowest BCUT2D eigenvalue weighted by Gasteiger charge is -2.14. The van der Waals surface area contributed by atoms with Crippen molar-refractivity contribution in [3.8, 4) is 0 Å². The van der Waals surface area contributed by atoms with Crippen LogP contribution < -0.4 is 0 Å². The van der Waals surface area contributed by atoms with Gasteiger partial charge in [0.15, 0.2) is 0 Å². The molecule has 0 aliphatic carbocycles. The summed E-state index contributed by atoms with van der Waals surface area (Å²) in [5.41, 5.74) is -0.582. The molecule has 0 radical (unpaired) electrons. The molecule has 0 saturated heterocycles. The molecule has 2 aromatic rings. The van der Waals surface area contributed by atoms with Crippen molar-refractivity contribution in [2.45, 2.75) is 19.2 Å². The SMILES string of the molecule is Cc1cc(Br)c(C(O)c2ccc(Br)c(C(F)(F)F)c2)s1. The van der Waals surface area contributed by atoms with Crippen molar-refractivity contribution in [2.24, 2.45) is 0 Å². The minimum absolute atomic E-state index is 0.0395. The van der Waals surface area contributed by atoms with Crippen LogP contribution in [0.15, 0.2) is 33.2 Å². The van der Waals surface area contributed by atoms with Gasteiger partial charge in [0, 0.05) is 13.8 Å². The second-order valence-electron chi connectivity index (χ2n) is 4.21. The molecule has 0 bridgehead atoms. The molecule has 1 heterocycles. The highest BCUT2D eigenvalue weighted by Gasteiger charge is 2.33. The maximum Gasteiger partial charge on any atom is 0.417 e. The van der Waals surface area contributed by atoms with Crippen LogP contribution in [0.4, 0.5) is 13.2 Å². The summed E-state index contributed by atoms with van der Waals surface area (Å²) in [4.78, 5) is 1.57. The summed E-state index contributed by atoms with van der Waals surface area (Å²) in [7, 11) is 0. The van der Waals surface area contributed by atoms with E-state index >= 15 is 0 Å². The first kappa shape index (κ1) is 16.0. The van der Waals surface area contributed by atoms with E-state index in [2.05, 4.69) is 31.9 Å². The Hall–Kier alpha value is -0.370. The van der Waals surface area contributed by atoms with Gasteiger partial charge in [-0.2, -0.15) is 13.2 Å². The Morgan fingerprint density at radius 1 is 1.15 bits per heavy atom. The lowest BCUT2D eigenvalue weighted by Crippen LogP contribution is -2.08. The van der Waals surface area contributed by atoms with E-state index in [4.69, 9.17) is 0 Å². The lowest BCUT2D eigenvalue weighted by atomic mass is 10.0. The molecule has 1 aromatic carbocycles. The Balaban J connectivity index is 2.46. The van der Waals surface area contributed by atoms with Gasteiger partial charge in [-0.1, -0.05) is 22.0 Å². The van der Waals surface area contributed by atoms with E-state index in [9.17, 15) is 18.3 Å². The van der Waals surface area contributed by atoms with Crippen molar-refractivity contribution in [1.29, 1.82) is 0 Å². The Kier molecular flexibility index (Phi) is 4.63. The number of alkyl halides is 3. The van der Waals surface area contributed by atoms with Crippen LogP contribution in [-0.4, -0.2) is 5.11 Å². The molecule has 0 amide bonds. The Morgan fingerprint density at radius 2 is 1.80 bits per heavy atom. The van der Waals surface area contributed by atoms with E-state index in [1.165, 1.54) is 23.5 Å². The normalized spacial score (nSPS) is 13.6. The zero-order valence-corrected chi connectivity index (χ0v) is 14.1. The molecule has 1 N–H and O–H groups in total. The first-order valence-corrected chi connectivity index (χ1v) is 7.91. The number of halogens is 5. The van der Waals surface area contributed by atoms with Crippen LogP contribution in [0.3, 0.4) is 0 Å². The number of hydrogen-bond acceptors (Lipinski definition) is 2.